The molecule has 1 unspecified atom stereocenters. The van der Waals surface area contributed by atoms with Crippen molar-refractivity contribution in [1.82, 2.24) is 5.32 Å². The van der Waals surface area contributed by atoms with Gasteiger partial charge in [-0.3, -0.25) is 4.79 Å². The van der Waals surface area contributed by atoms with E-state index in [0.717, 1.165) is 0 Å². The molecule has 16 heavy (non-hydrogen) atoms. The van der Waals surface area contributed by atoms with Gasteiger partial charge in [-0.05, 0) is 23.7 Å². The Hall–Kier alpha value is -1.69. The lowest BCUT2D eigenvalue weighted by atomic mass is 10.1. The molecule has 1 heterocycles. The molecule has 0 saturated heterocycles. The van der Waals surface area contributed by atoms with Gasteiger partial charge in [-0.1, -0.05) is 12.1 Å². The summed E-state index contributed by atoms with van der Waals surface area (Å²) in [5.41, 5.74) is 5.35. The first-order chi connectivity index (χ1) is 7.54. The zero-order chi connectivity index (χ0) is 12.1. The number of oxime groups is 1. The predicted molar refractivity (Wildman–Crippen MR) is 58.6 cm³/mol. The van der Waals surface area contributed by atoms with Gasteiger partial charge in [0.2, 0.25) is 0 Å². The summed E-state index contributed by atoms with van der Waals surface area (Å²) in [6, 6.07) is 2.94. The second-order valence-corrected chi connectivity index (χ2v) is 3.61. The third-order valence-electron chi connectivity index (χ3n) is 1.99. The Morgan fingerprint density at radius 1 is 1.75 bits per heavy atom. The molecule has 4 N–H and O–H groups in total. The highest BCUT2D eigenvalue weighted by atomic mass is 35.5. The van der Waals surface area contributed by atoms with Gasteiger partial charge >= 0.3 is 0 Å². The van der Waals surface area contributed by atoms with Gasteiger partial charge in [0.25, 0.3) is 5.91 Å². The highest BCUT2D eigenvalue weighted by Crippen LogP contribution is 2.12. The Bertz CT molecular complexity index is 402. The minimum atomic E-state index is -0.399. The van der Waals surface area contributed by atoms with Gasteiger partial charge in [-0.2, -0.15) is 0 Å². The number of amidine groups is 1. The number of carbonyl (C=O) groups is 1. The first-order valence-electron chi connectivity index (χ1n) is 4.55. The molecule has 1 aromatic heterocycles. The monoisotopic (exact) mass is 245 g/mol. The van der Waals surface area contributed by atoms with Crippen LogP contribution in [-0.2, 0) is 0 Å². The Kier molecular flexibility index (Phi) is 4.19. The molecule has 6 nitrogen and oxygen atoms in total. The smallest absolute Gasteiger partial charge is 0.287 e. The SMILES string of the molecule is CC(CNC(=O)c1ccc(Cl)o1)/C(N)=N/O. The maximum atomic E-state index is 11.5. The van der Waals surface area contributed by atoms with Crippen LogP contribution in [0.3, 0.4) is 0 Å². The molecule has 0 saturated carbocycles. The third-order valence-corrected chi connectivity index (χ3v) is 2.19. The van der Waals surface area contributed by atoms with Crippen LogP contribution in [0.4, 0.5) is 0 Å². The average Bonchev–Trinajstić information content (AvgIpc) is 2.71. The molecule has 1 amide bonds. The number of nitrogens with one attached hydrogen (secondary N) is 1. The summed E-state index contributed by atoms with van der Waals surface area (Å²) in [5.74, 6) is -0.488. The van der Waals surface area contributed by atoms with Crippen LogP contribution in [0.5, 0.6) is 0 Å². The molecule has 0 aliphatic rings. The van der Waals surface area contributed by atoms with Crippen LogP contribution in [-0.4, -0.2) is 23.5 Å². The molecule has 1 atom stereocenters. The van der Waals surface area contributed by atoms with Crippen molar-refractivity contribution in [3.63, 3.8) is 0 Å². The van der Waals surface area contributed by atoms with Gasteiger partial charge < -0.3 is 20.7 Å². The molecule has 0 bridgehead atoms. The number of hydrogen-bond donors (Lipinski definition) is 3. The van der Waals surface area contributed by atoms with Gasteiger partial charge in [0.1, 0.15) is 5.84 Å². The molecule has 1 aromatic rings. The van der Waals surface area contributed by atoms with E-state index in [1.54, 1.807) is 6.92 Å². The highest BCUT2D eigenvalue weighted by molar-refractivity contribution is 6.29. The van der Waals surface area contributed by atoms with Gasteiger partial charge in [0, 0.05) is 12.5 Å². The van der Waals surface area contributed by atoms with Crippen LogP contribution < -0.4 is 11.1 Å². The summed E-state index contributed by atoms with van der Waals surface area (Å²) in [7, 11) is 0. The number of amides is 1. The van der Waals surface area contributed by atoms with Crippen molar-refractivity contribution in [3.8, 4) is 0 Å². The van der Waals surface area contributed by atoms with Crippen LogP contribution in [0.15, 0.2) is 21.7 Å². The molecule has 1 rings (SSSR count). The Morgan fingerprint density at radius 3 is 2.94 bits per heavy atom. The summed E-state index contributed by atoms with van der Waals surface area (Å²) in [5, 5.41) is 14.0. The molecule has 0 fully saturated rings. The number of halogens is 1. The van der Waals surface area contributed by atoms with E-state index in [9.17, 15) is 4.79 Å². The van der Waals surface area contributed by atoms with Crippen molar-refractivity contribution >= 4 is 23.3 Å². The second kappa shape index (κ2) is 5.41. The number of nitrogens with zero attached hydrogens (tertiary/aromatic N) is 1. The fourth-order valence-corrected chi connectivity index (χ4v) is 1.12. The van der Waals surface area contributed by atoms with Crippen molar-refractivity contribution in [1.29, 1.82) is 0 Å². The molecule has 0 radical (unpaired) electrons. The Labute approximate surface area is 97.0 Å². The van der Waals surface area contributed by atoms with E-state index in [0.29, 0.717) is 0 Å². The van der Waals surface area contributed by atoms with Crippen molar-refractivity contribution in [2.45, 2.75) is 6.92 Å². The summed E-state index contributed by atoms with van der Waals surface area (Å²) in [6.07, 6.45) is 0. The maximum Gasteiger partial charge on any atom is 0.287 e. The second-order valence-electron chi connectivity index (χ2n) is 3.24. The van der Waals surface area contributed by atoms with Crippen molar-refractivity contribution in [2.75, 3.05) is 6.54 Å². The average molecular weight is 246 g/mol. The molecule has 0 aliphatic heterocycles. The van der Waals surface area contributed by atoms with Crippen LogP contribution in [0.1, 0.15) is 17.5 Å². The number of rotatable bonds is 4. The topological polar surface area (TPSA) is 101 Å². The number of hydrogen-bond acceptors (Lipinski definition) is 4. The molecule has 0 aliphatic carbocycles. The molecule has 0 spiro atoms. The number of furan rings is 1. The van der Waals surface area contributed by atoms with E-state index in [1.165, 1.54) is 12.1 Å². The Balaban J connectivity index is 2.47. The summed E-state index contributed by atoms with van der Waals surface area (Å²) in [4.78, 5) is 11.5. The quantitative estimate of drug-likeness (QED) is 0.319. The number of nitrogens with two attached hydrogens (primary N) is 1. The van der Waals surface area contributed by atoms with E-state index < -0.39 is 5.91 Å². The lowest BCUT2D eigenvalue weighted by Crippen LogP contribution is -2.34. The van der Waals surface area contributed by atoms with E-state index in [-0.39, 0.29) is 29.3 Å². The van der Waals surface area contributed by atoms with E-state index in [2.05, 4.69) is 10.5 Å². The predicted octanol–water partition coefficient (Wildman–Crippen LogP) is 1.05. The van der Waals surface area contributed by atoms with Crippen molar-refractivity contribution in [3.05, 3.63) is 23.1 Å². The molecule has 7 heteroatoms. The van der Waals surface area contributed by atoms with E-state index >= 15 is 0 Å². The lowest BCUT2D eigenvalue weighted by molar-refractivity contribution is 0.0923. The fourth-order valence-electron chi connectivity index (χ4n) is 0.972. The standard InChI is InChI=1S/C9H12ClN3O3/c1-5(8(11)13-15)4-12-9(14)6-2-3-7(10)16-6/h2-3,5,15H,4H2,1H3,(H2,11,13)(H,12,14). The van der Waals surface area contributed by atoms with Gasteiger partial charge in [-0.25, -0.2) is 0 Å². The molecule has 88 valence electrons. The fraction of sp³-hybridized carbons (Fsp3) is 0.333. The van der Waals surface area contributed by atoms with Crippen molar-refractivity contribution < 1.29 is 14.4 Å². The molecular formula is C9H12ClN3O3. The molecule has 0 aromatic carbocycles. The van der Waals surface area contributed by atoms with E-state index in [4.69, 9.17) is 27.0 Å². The van der Waals surface area contributed by atoms with E-state index in [1.807, 2.05) is 0 Å². The summed E-state index contributed by atoms with van der Waals surface area (Å²) >= 11 is 5.52. The third kappa shape index (κ3) is 3.16. The largest absolute Gasteiger partial charge is 0.440 e. The first-order valence-corrected chi connectivity index (χ1v) is 4.93. The van der Waals surface area contributed by atoms with Crippen LogP contribution in [0.2, 0.25) is 5.22 Å². The first kappa shape index (κ1) is 12.4. The van der Waals surface area contributed by atoms with Gasteiger partial charge in [0.05, 0.1) is 0 Å². The van der Waals surface area contributed by atoms with Crippen molar-refractivity contribution in [2.24, 2.45) is 16.8 Å². The summed E-state index contributed by atoms with van der Waals surface area (Å²) < 4.78 is 4.91. The van der Waals surface area contributed by atoms with Crippen LogP contribution >= 0.6 is 11.6 Å². The van der Waals surface area contributed by atoms with Gasteiger partial charge in [0.15, 0.2) is 11.0 Å². The zero-order valence-electron chi connectivity index (χ0n) is 8.61. The molecular weight excluding hydrogens is 234 g/mol. The van der Waals surface area contributed by atoms with Gasteiger partial charge in [-0.15, -0.1) is 0 Å². The zero-order valence-corrected chi connectivity index (χ0v) is 9.36. The number of carbonyl (C=O) groups excluding carboxylic acids is 1. The highest BCUT2D eigenvalue weighted by Gasteiger charge is 2.13. The minimum absolute atomic E-state index is 0.0535. The van der Waals surface area contributed by atoms with Crippen LogP contribution in [0.25, 0.3) is 0 Å². The normalized spacial score (nSPS) is 13.5. The maximum absolute atomic E-state index is 11.5. The summed E-state index contributed by atoms with van der Waals surface area (Å²) in [6.45, 7) is 1.96. The lowest BCUT2D eigenvalue weighted by Gasteiger charge is -2.09. The Morgan fingerprint density at radius 2 is 2.44 bits per heavy atom. The van der Waals surface area contributed by atoms with Crippen LogP contribution in [0, 0.1) is 5.92 Å². The minimum Gasteiger partial charge on any atom is -0.440 e.